The van der Waals surface area contributed by atoms with Crippen molar-refractivity contribution in [3.63, 3.8) is 0 Å². The third-order valence-corrected chi connectivity index (χ3v) is 2.97. The van der Waals surface area contributed by atoms with Crippen LogP contribution in [0.2, 0.25) is 0 Å². The van der Waals surface area contributed by atoms with E-state index in [0.717, 1.165) is 24.1 Å². The van der Waals surface area contributed by atoms with Gasteiger partial charge in [-0.15, -0.1) is 0 Å². The molecular formula is C12H18BrNO. The molecule has 1 rings (SSSR count). The Morgan fingerprint density at radius 2 is 2.00 bits per heavy atom. The molecule has 0 bridgehead atoms. The third-order valence-electron chi connectivity index (χ3n) is 2.44. The van der Waals surface area contributed by atoms with Crippen molar-refractivity contribution < 1.29 is 4.74 Å². The molecule has 0 saturated heterocycles. The quantitative estimate of drug-likeness (QED) is 0.808. The summed E-state index contributed by atoms with van der Waals surface area (Å²) in [4.78, 5) is 0. The van der Waals surface area contributed by atoms with E-state index in [-0.39, 0.29) is 0 Å². The highest BCUT2D eigenvalue weighted by Gasteiger charge is 2.08. The fourth-order valence-corrected chi connectivity index (χ4v) is 1.79. The van der Waals surface area contributed by atoms with Crippen LogP contribution in [0.5, 0.6) is 0 Å². The van der Waals surface area contributed by atoms with E-state index in [4.69, 9.17) is 10.5 Å². The predicted octanol–water partition coefficient (Wildman–Crippen LogP) is 2.92. The van der Waals surface area contributed by atoms with Gasteiger partial charge in [-0.2, -0.15) is 0 Å². The molecule has 2 N–H and O–H groups in total. The van der Waals surface area contributed by atoms with Crippen LogP contribution in [-0.4, -0.2) is 19.8 Å². The standard InChI is InChI=1S/C12H18BrNO/c1-2-15-8-7-11(9-14)10-3-5-12(13)6-4-10/h3-6,11H,2,7-9,14H2,1H3. The van der Waals surface area contributed by atoms with E-state index in [0.29, 0.717) is 12.5 Å². The van der Waals surface area contributed by atoms with E-state index in [9.17, 15) is 0 Å². The Labute approximate surface area is 99.9 Å². The van der Waals surface area contributed by atoms with Crippen molar-refractivity contribution in [1.29, 1.82) is 0 Å². The van der Waals surface area contributed by atoms with Crippen LogP contribution in [-0.2, 0) is 4.74 Å². The lowest BCUT2D eigenvalue weighted by molar-refractivity contribution is 0.140. The zero-order chi connectivity index (χ0) is 11.1. The first-order valence-corrected chi connectivity index (χ1v) is 6.10. The molecule has 0 aliphatic carbocycles. The van der Waals surface area contributed by atoms with Gasteiger partial charge < -0.3 is 10.5 Å². The van der Waals surface area contributed by atoms with Gasteiger partial charge in [0.25, 0.3) is 0 Å². The smallest absolute Gasteiger partial charge is 0.0472 e. The molecule has 1 atom stereocenters. The minimum absolute atomic E-state index is 0.407. The molecule has 0 aliphatic rings. The second-order valence-electron chi connectivity index (χ2n) is 3.47. The average molecular weight is 272 g/mol. The van der Waals surface area contributed by atoms with Crippen LogP contribution < -0.4 is 5.73 Å². The lowest BCUT2D eigenvalue weighted by atomic mass is 9.96. The first-order valence-electron chi connectivity index (χ1n) is 5.31. The van der Waals surface area contributed by atoms with Gasteiger partial charge in [-0.1, -0.05) is 28.1 Å². The monoisotopic (exact) mass is 271 g/mol. The van der Waals surface area contributed by atoms with Gasteiger partial charge in [0.15, 0.2) is 0 Å². The Balaban J connectivity index is 2.53. The summed E-state index contributed by atoms with van der Waals surface area (Å²) in [6.07, 6.45) is 0.992. The van der Waals surface area contributed by atoms with Gasteiger partial charge in [0.05, 0.1) is 0 Å². The summed E-state index contributed by atoms with van der Waals surface area (Å²) in [5.41, 5.74) is 7.05. The lowest BCUT2D eigenvalue weighted by Crippen LogP contribution is -2.14. The number of rotatable bonds is 6. The van der Waals surface area contributed by atoms with Crippen molar-refractivity contribution in [2.45, 2.75) is 19.3 Å². The highest BCUT2D eigenvalue weighted by Crippen LogP contribution is 2.20. The van der Waals surface area contributed by atoms with Crippen LogP contribution in [0, 0.1) is 0 Å². The first kappa shape index (κ1) is 12.7. The summed E-state index contributed by atoms with van der Waals surface area (Å²) >= 11 is 3.42. The Morgan fingerprint density at radius 3 is 2.53 bits per heavy atom. The highest BCUT2D eigenvalue weighted by molar-refractivity contribution is 9.10. The first-order chi connectivity index (χ1) is 7.27. The molecule has 1 unspecified atom stereocenters. The number of hydrogen-bond donors (Lipinski definition) is 1. The minimum Gasteiger partial charge on any atom is -0.382 e. The normalized spacial score (nSPS) is 12.7. The Morgan fingerprint density at radius 1 is 1.33 bits per heavy atom. The van der Waals surface area contributed by atoms with Gasteiger partial charge in [-0.25, -0.2) is 0 Å². The summed E-state index contributed by atoms with van der Waals surface area (Å²) in [5, 5.41) is 0. The van der Waals surface area contributed by atoms with Crippen molar-refractivity contribution >= 4 is 15.9 Å². The summed E-state index contributed by atoms with van der Waals surface area (Å²) in [6, 6.07) is 8.35. The van der Waals surface area contributed by atoms with E-state index in [1.807, 2.05) is 6.92 Å². The maximum absolute atomic E-state index is 5.76. The number of benzene rings is 1. The van der Waals surface area contributed by atoms with E-state index in [1.54, 1.807) is 0 Å². The van der Waals surface area contributed by atoms with Crippen molar-refractivity contribution in [2.75, 3.05) is 19.8 Å². The van der Waals surface area contributed by atoms with Crippen molar-refractivity contribution in [3.05, 3.63) is 34.3 Å². The van der Waals surface area contributed by atoms with E-state index < -0.39 is 0 Å². The predicted molar refractivity (Wildman–Crippen MR) is 67.0 cm³/mol. The SMILES string of the molecule is CCOCCC(CN)c1ccc(Br)cc1. The van der Waals surface area contributed by atoms with Crippen LogP contribution in [0.1, 0.15) is 24.8 Å². The molecule has 0 heterocycles. The van der Waals surface area contributed by atoms with Gasteiger partial charge in [0.2, 0.25) is 0 Å². The summed E-state index contributed by atoms with van der Waals surface area (Å²) in [5.74, 6) is 0.407. The van der Waals surface area contributed by atoms with Gasteiger partial charge >= 0.3 is 0 Å². The Bertz CT molecular complexity index is 273. The number of nitrogens with two attached hydrogens (primary N) is 1. The molecule has 0 saturated carbocycles. The molecular weight excluding hydrogens is 254 g/mol. The average Bonchev–Trinajstić information content (AvgIpc) is 2.26. The molecule has 1 aromatic carbocycles. The molecule has 15 heavy (non-hydrogen) atoms. The van der Waals surface area contributed by atoms with Gasteiger partial charge in [0.1, 0.15) is 0 Å². The zero-order valence-corrected chi connectivity index (χ0v) is 10.7. The van der Waals surface area contributed by atoms with Crippen LogP contribution in [0.25, 0.3) is 0 Å². The van der Waals surface area contributed by atoms with Crippen molar-refractivity contribution in [1.82, 2.24) is 0 Å². The molecule has 1 aromatic rings. The van der Waals surface area contributed by atoms with Crippen molar-refractivity contribution in [3.8, 4) is 0 Å². The topological polar surface area (TPSA) is 35.2 Å². The molecule has 84 valence electrons. The highest BCUT2D eigenvalue weighted by atomic mass is 79.9. The molecule has 2 nitrogen and oxygen atoms in total. The molecule has 0 amide bonds. The maximum Gasteiger partial charge on any atom is 0.0472 e. The van der Waals surface area contributed by atoms with Crippen molar-refractivity contribution in [2.24, 2.45) is 5.73 Å². The van der Waals surface area contributed by atoms with Gasteiger partial charge in [0, 0.05) is 17.7 Å². The lowest BCUT2D eigenvalue weighted by Gasteiger charge is -2.15. The fourth-order valence-electron chi connectivity index (χ4n) is 1.53. The molecule has 0 fully saturated rings. The third kappa shape index (κ3) is 4.33. The molecule has 0 radical (unpaired) electrons. The van der Waals surface area contributed by atoms with Crippen LogP contribution >= 0.6 is 15.9 Å². The van der Waals surface area contributed by atoms with Gasteiger partial charge in [-0.05, 0) is 43.5 Å². The maximum atomic E-state index is 5.76. The second kappa shape index (κ2) is 6.99. The number of halogens is 1. The van der Waals surface area contributed by atoms with E-state index in [1.165, 1.54) is 5.56 Å². The molecule has 3 heteroatoms. The van der Waals surface area contributed by atoms with E-state index in [2.05, 4.69) is 40.2 Å². The fraction of sp³-hybridized carbons (Fsp3) is 0.500. The van der Waals surface area contributed by atoms with Crippen LogP contribution in [0.15, 0.2) is 28.7 Å². The number of hydrogen-bond acceptors (Lipinski definition) is 2. The molecule has 0 aromatic heterocycles. The largest absolute Gasteiger partial charge is 0.382 e. The summed E-state index contributed by atoms with van der Waals surface area (Å²) in [6.45, 7) is 4.25. The Hall–Kier alpha value is -0.380. The minimum atomic E-state index is 0.407. The zero-order valence-electron chi connectivity index (χ0n) is 9.08. The van der Waals surface area contributed by atoms with Crippen LogP contribution in [0.3, 0.4) is 0 Å². The Kier molecular flexibility index (Phi) is 5.91. The molecule has 0 aliphatic heterocycles. The summed E-state index contributed by atoms with van der Waals surface area (Å²) in [7, 11) is 0. The second-order valence-corrected chi connectivity index (χ2v) is 4.39. The summed E-state index contributed by atoms with van der Waals surface area (Å²) < 4.78 is 6.45. The molecule has 0 spiro atoms. The van der Waals surface area contributed by atoms with Crippen LogP contribution in [0.4, 0.5) is 0 Å². The van der Waals surface area contributed by atoms with E-state index >= 15 is 0 Å². The number of ether oxygens (including phenoxy) is 1. The van der Waals surface area contributed by atoms with Gasteiger partial charge in [-0.3, -0.25) is 0 Å².